The van der Waals surface area contributed by atoms with Crippen LogP contribution in [0.4, 0.5) is 0 Å². The molecule has 144 valence electrons. The summed E-state index contributed by atoms with van der Waals surface area (Å²) in [6.07, 6.45) is 11.6. The number of hydrogen-bond donors (Lipinski definition) is 1. The first-order valence-electron chi connectivity index (χ1n) is 9.96. The van der Waals surface area contributed by atoms with Crippen molar-refractivity contribution in [2.45, 2.75) is 18.2 Å². The minimum absolute atomic E-state index is 0.0202. The molecule has 0 aromatic heterocycles. The van der Waals surface area contributed by atoms with Crippen LogP contribution in [0.15, 0.2) is 128 Å². The SMILES string of the molecule is OC(c1ccccc1)C1\C=C/C=C\C=C/N1C(c1ccccc1)c1ccccc1. The fourth-order valence-corrected chi connectivity index (χ4v) is 3.84. The van der Waals surface area contributed by atoms with Gasteiger partial charge in [-0.15, -0.1) is 0 Å². The van der Waals surface area contributed by atoms with Crippen LogP contribution >= 0.6 is 0 Å². The lowest BCUT2D eigenvalue weighted by molar-refractivity contribution is 0.0848. The molecule has 3 aromatic carbocycles. The Kier molecular flexibility index (Phi) is 6.04. The van der Waals surface area contributed by atoms with E-state index >= 15 is 0 Å². The van der Waals surface area contributed by atoms with Crippen LogP contribution in [0.3, 0.4) is 0 Å². The molecule has 1 aliphatic heterocycles. The molecule has 0 fully saturated rings. The topological polar surface area (TPSA) is 23.5 Å². The van der Waals surface area contributed by atoms with E-state index in [1.165, 1.54) is 11.1 Å². The highest BCUT2D eigenvalue weighted by atomic mass is 16.3. The second kappa shape index (κ2) is 9.22. The van der Waals surface area contributed by atoms with Crippen LogP contribution in [0.25, 0.3) is 0 Å². The van der Waals surface area contributed by atoms with Gasteiger partial charge >= 0.3 is 0 Å². The number of rotatable bonds is 5. The van der Waals surface area contributed by atoms with Gasteiger partial charge in [-0.05, 0) is 22.8 Å². The minimum atomic E-state index is -0.654. The molecular weight excluding hydrogens is 354 g/mol. The smallest absolute Gasteiger partial charge is 0.103 e. The van der Waals surface area contributed by atoms with Crippen molar-refractivity contribution in [2.75, 3.05) is 0 Å². The van der Waals surface area contributed by atoms with Gasteiger partial charge < -0.3 is 10.0 Å². The van der Waals surface area contributed by atoms with Crippen molar-refractivity contribution in [3.8, 4) is 0 Å². The molecular formula is C27H25NO. The lowest BCUT2D eigenvalue weighted by Crippen LogP contribution is -2.38. The standard InChI is InChI=1S/C27H25NO/c29-27(24-18-10-5-11-19-24)25-20-12-1-2-13-21-28(25)26(22-14-6-3-7-15-22)23-16-8-4-9-17-23/h1-21,25-27,29H/b2-1-,20-12-,21-13-. The lowest BCUT2D eigenvalue weighted by atomic mass is 9.92. The zero-order chi connectivity index (χ0) is 19.9. The Morgan fingerprint density at radius 1 is 0.586 bits per heavy atom. The van der Waals surface area contributed by atoms with E-state index in [-0.39, 0.29) is 12.1 Å². The van der Waals surface area contributed by atoms with E-state index in [4.69, 9.17) is 0 Å². The largest absolute Gasteiger partial charge is 0.386 e. The third-order valence-corrected chi connectivity index (χ3v) is 5.24. The first-order valence-corrected chi connectivity index (χ1v) is 9.96. The summed E-state index contributed by atoms with van der Waals surface area (Å²) in [6, 6.07) is 30.6. The van der Waals surface area contributed by atoms with Crippen molar-refractivity contribution >= 4 is 0 Å². The van der Waals surface area contributed by atoms with Gasteiger partial charge in [0.2, 0.25) is 0 Å². The fraction of sp³-hybridized carbons (Fsp3) is 0.111. The van der Waals surface area contributed by atoms with E-state index in [9.17, 15) is 5.11 Å². The van der Waals surface area contributed by atoms with Gasteiger partial charge in [0, 0.05) is 6.20 Å². The van der Waals surface area contributed by atoms with Gasteiger partial charge in [-0.3, -0.25) is 0 Å². The maximum atomic E-state index is 11.3. The molecule has 0 spiro atoms. The Morgan fingerprint density at radius 3 is 1.62 bits per heavy atom. The van der Waals surface area contributed by atoms with Crippen LogP contribution in [0.2, 0.25) is 0 Å². The number of nitrogens with zero attached hydrogens (tertiary/aromatic N) is 1. The summed E-state index contributed by atoms with van der Waals surface area (Å²) in [5, 5.41) is 11.3. The van der Waals surface area contributed by atoms with E-state index < -0.39 is 6.10 Å². The molecule has 1 heterocycles. The molecule has 1 aliphatic rings. The van der Waals surface area contributed by atoms with Crippen molar-refractivity contribution in [1.82, 2.24) is 4.90 Å². The third kappa shape index (κ3) is 4.39. The van der Waals surface area contributed by atoms with Gasteiger partial charge in [0.25, 0.3) is 0 Å². The zero-order valence-corrected chi connectivity index (χ0v) is 16.3. The maximum Gasteiger partial charge on any atom is 0.103 e. The minimum Gasteiger partial charge on any atom is -0.386 e. The summed E-state index contributed by atoms with van der Waals surface area (Å²) in [4.78, 5) is 2.25. The van der Waals surface area contributed by atoms with E-state index in [1.54, 1.807) is 0 Å². The number of allylic oxidation sites excluding steroid dienone is 4. The van der Waals surface area contributed by atoms with E-state index in [1.807, 2.05) is 66.8 Å². The second-order valence-electron chi connectivity index (χ2n) is 7.13. The van der Waals surface area contributed by atoms with Gasteiger partial charge in [-0.2, -0.15) is 0 Å². The molecule has 2 heteroatoms. The van der Waals surface area contributed by atoms with E-state index in [2.05, 4.69) is 65.7 Å². The van der Waals surface area contributed by atoms with Gasteiger partial charge in [0.1, 0.15) is 6.10 Å². The second-order valence-corrected chi connectivity index (χ2v) is 7.13. The summed E-state index contributed by atoms with van der Waals surface area (Å²) in [6.45, 7) is 0. The summed E-state index contributed by atoms with van der Waals surface area (Å²) < 4.78 is 0. The molecule has 0 bridgehead atoms. The Hall–Kier alpha value is -3.36. The predicted molar refractivity (Wildman–Crippen MR) is 119 cm³/mol. The van der Waals surface area contributed by atoms with Crippen LogP contribution in [-0.4, -0.2) is 16.0 Å². The number of aliphatic hydroxyl groups is 1. The molecule has 1 N–H and O–H groups in total. The molecule has 0 saturated heterocycles. The van der Waals surface area contributed by atoms with E-state index in [0.29, 0.717) is 0 Å². The summed E-state index contributed by atoms with van der Waals surface area (Å²) in [5.74, 6) is 0. The van der Waals surface area contributed by atoms with Crippen LogP contribution in [0.1, 0.15) is 28.8 Å². The number of hydrogen-bond acceptors (Lipinski definition) is 2. The number of benzene rings is 3. The van der Waals surface area contributed by atoms with Crippen molar-refractivity contribution in [3.05, 3.63) is 144 Å². The van der Waals surface area contributed by atoms with E-state index in [0.717, 1.165) is 5.56 Å². The molecule has 0 radical (unpaired) electrons. The normalized spacial score (nSPS) is 20.5. The Labute approximate surface area is 172 Å². The highest BCUT2D eigenvalue weighted by molar-refractivity contribution is 5.35. The molecule has 4 rings (SSSR count). The Bertz CT molecular complexity index is 937. The molecule has 0 amide bonds. The van der Waals surface area contributed by atoms with Crippen molar-refractivity contribution in [3.63, 3.8) is 0 Å². The van der Waals surface area contributed by atoms with Gasteiger partial charge in [-0.1, -0.05) is 115 Å². The molecule has 3 aromatic rings. The average molecular weight is 380 g/mol. The van der Waals surface area contributed by atoms with Crippen LogP contribution in [0, 0.1) is 0 Å². The monoisotopic (exact) mass is 379 g/mol. The quantitative estimate of drug-likeness (QED) is 0.604. The summed E-state index contributed by atoms with van der Waals surface area (Å²) >= 11 is 0. The van der Waals surface area contributed by atoms with Crippen LogP contribution < -0.4 is 0 Å². The molecule has 2 unspecified atom stereocenters. The predicted octanol–water partition coefficient (Wildman–Crippen LogP) is 5.82. The Morgan fingerprint density at radius 2 is 1.07 bits per heavy atom. The first kappa shape index (κ1) is 19.0. The van der Waals surface area contributed by atoms with Crippen LogP contribution in [-0.2, 0) is 0 Å². The van der Waals surface area contributed by atoms with Crippen molar-refractivity contribution < 1.29 is 5.11 Å². The van der Waals surface area contributed by atoms with Crippen molar-refractivity contribution in [2.24, 2.45) is 0 Å². The fourth-order valence-electron chi connectivity index (χ4n) is 3.84. The number of aliphatic hydroxyl groups excluding tert-OH is 1. The maximum absolute atomic E-state index is 11.3. The van der Waals surface area contributed by atoms with Gasteiger partial charge in [-0.25, -0.2) is 0 Å². The van der Waals surface area contributed by atoms with Gasteiger partial charge in [0.05, 0.1) is 12.1 Å². The molecule has 0 aliphatic carbocycles. The molecule has 0 saturated carbocycles. The summed E-state index contributed by atoms with van der Waals surface area (Å²) in [5.41, 5.74) is 3.28. The Balaban J connectivity index is 1.82. The lowest BCUT2D eigenvalue weighted by Gasteiger charge is -2.39. The molecule has 29 heavy (non-hydrogen) atoms. The van der Waals surface area contributed by atoms with Crippen LogP contribution in [0.5, 0.6) is 0 Å². The highest BCUT2D eigenvalue weighted by Crippen LogP contribution is 2.35. The average Bonchev–Trinajstić information content (AvgIpc) is 2.77. The highest BCUT2D eigenvalue weighted by Gasteiger charge is 2.30. The third-order valence-electron chi connectivity index (χ3n) is 5.24. The first-order chi connectivity index (χ1) is 14.3. The van der Waals surface area contributed by atoms with Gasteiger partial charge in [0.15, 0.2) is 0 Å². The molecule has 2 atom stereocenters. The summed E-state index contributed by atoms with van der Waals surface area (Å²) in [7, 11) is 0. The molecule has 2 nitrogen and oxygen atoms in total. The zero-order valence-electron chi connectivity index (χ0n) is 16.3. The van der Waals surface area contributed by atoms with Crippen molar-refractivity contribution in [1.29, 1.82) is 0 Å².